The van der Waals surface area contributed by atoms with Gasteiger partial charge in [0.15, 0.2) is 11.3 Å². The number of nitrogens with zero attached hydrogens (tertiary/aromatic N) is 5. The number of aromatic nitrogens is 5. The van der Waals surface area contributed by atoms with Crippen molar-refractivity contribution in [3.05, 3.63) is 99.6 Å². The Bertz CT molecular complexity index is 1720. The summed E-state index contributed by atoms with van der Waals surface area (Å²) in [6.45, 7) is 8.03. The van der Waals surface area contributed by atoms with E-state index in [1.165, 1.54) is 0 Å². The number of aryl methyl sites for hydroxylation is 1. The topological polar surface area (TPSA) is 77.1 Å². The zero-order chi connectivity index (χ0) is 28.8. The Morgan fingerprint density at radius 2 is 1.80 bits per heavy atom. The first-order valence-corrected chi connectivity index (χ1v) is 13.0. The van der Waals surface area contributed by atoms with E-state index in [4.69, 9.17) is 11.6 Å². The lowest BCUT2D eigenvalue weighted by Crippen LogP contribution is -2.16. The summed E-state index contributed by atoms with van der Waals surface area (Å²) in [4.78, 5) is 17.8. The van der Waals surface area contributed by atoms with Gasteiger partial charge < -0.3 is 5.32 Å². The molecule has 0 fully saturated rings. The second-order valence-electron chi connectivity index (χ2n) is 9.88. The van der Waals surface area contributed by atoms with E-state index in [9.17, 15) is 18.0 Å². The normalized spacial score (nSPS) is 11.9. The molecular formula is C29H26ClF3N6O. The first kappa shape index (κ1) is 27.4. The first-order chi connectivity index (χ1) is 18.9. The van der Waals surface area contributed by atoms with Gasteiger partial charge in [0.2, 0.25) is 0 Å². The predicted octanol–water partition coefficient (Wildman–Crippen LogP) is 7.31. The number of hydrogen-bond donors (Lipinski definition) is 1. The van der Waals surface area contributed by atoms with Crippen LogP contribution in [0.5, 0.6) is 0 Å². The minimum Gasteiger partial charge on any atom is -0.319 e. The Morgan fingerprint density at radius 3 is 2.45 bits per heavy atom. The van der Waals surface area contributed by atoms with Crippen molar-refractivity contribution in [2.75, 3.05) is 5.32 Å². The Morgan fingerprint density at radius 1 is 1.07 bits per heavy atom. The Balaban J connectivity index is 1.51. The van der Waals surface area contributed by atoms with Gasteiger partial charge in [-0.2, -0.15) is 23.4 Å². The van der Waals surface area contributed by atoms with E-state index in [0.717, 1.165) is 23.4 Å². The molecule has 0 atom stereocenters. The van der Waals surface area contributed by atoms with Crippen LogP contribution in [0.1, 0.15) is 58.3 Å². The van der Waals surface area contributed by atoms with Crippen molar-refractivity contribution in [2.24, 2.45) is 0 Å². The number of halogens is 4. The zero-order valence-electron chi connectivity index (χ0n) is 22.2. The van der Waals surface area contributed by atoms with Crippen molar-refractivity contribution in [3.8, 4) is 11.3 Å². The number of rotatable bonds is 6. The monoisotopic (exact) mass is 566 g/mol. The van der Waals surface area contributed by atoms with E-state index in [0.29, 0.717) is 38.7 Å². The number of carbonyl (C=O) groups is 1. The summed E-state index contributed by atoms with van der Waals surface area (Å²) < 4.78 is 44.5. The number of carbonyl (C=O) groups excluding carboxylic acids is 1. The Labute approximate surface area is 233 Å². The van der Waals surface area contributed by atoms with Gasteiger partial charge in [-0.15, -0.1) is 0 Å². The van der Waals surface area contributed by atoms with Crippen molar-refractivity contribution in [2.45, 2.75) is 46.3 Å². The van der Waals surface area contributed by atoms with Gasteiger partial charge in [0.05, 0.1) is 35.5 Å². The number of hydrogen-bond acceptors (Lipinski definition) is 4. The molecule has 0 aliphatic heterocycles. The van der Waals surface area contributed by atoms with Gasteiger partial charge in [0, 0.05) is 10.6 Å². The molecule has 1 amide bonds. The maximum absolute atomic E-state index is 14.0. The molecule has 5 rings (SSSR count). The predicted molar refractivity (Wildman–Crippen MR) is 148 cm³/mol. The summed E-state index contributed by atoms with van der Waals surface area (Å²) in [5.41, 5.74) is 2.94. The molecule has 0 aliphatic rings. The number of amides is 1. The third-order valence-corrected chi connectivity index (χ3v) is 6.96. The van der Waals surface area contributed by atoms with Gasteiger partial charge in [-0.3, -0.25) is 9.48 Å². The van der Waals surface area contributed by atoms with Crippen LogP contribution < -0.4 is 5.32 Å². The molecule has 3 aromatic heterocycles. The molecule has 5 aromatic rings. The molecule has 11 heteroatoms. The highest BCUT2D eigenvalue weighted by molar-refractivity contribution is 6.30. The molecule has 0 spiro atoms. The molecule has 1 N–H and O–H groups in total. The molecule has 0 radical (unpaired) electrons. The van der Waals surface area contributed by atoms with Crippen molar-refractivity contribution in [3.63, 3.8) is 0 Å². The largest absolute Gasteiger partial charge is 0.433 e. The van der Waals surface area contributed by atoms with Crippen LogP contribution >= 0.6 is 11.6 Å². The van der Waals surface area contributed by atoms with Crippen LogP contribution in [0.3, 0.4) is 0 Å². The SMILES string of the molecule is Cc1nn(Cc2cccc(Cl)c2)c(C)c1NC(=O)c1cnn2c(C(F)(F)F)cc(-c3ccc(C(C)C)cc3)nc12. The molecule has 0 unspecified atom stereocenters. The van der Waals surface area contributed by atoms with Crippen LogP contribution in [-0.2, 0) is 12.7 Å². The summed E-state index contributed by atoms with van der Waals surface area (Å²) in [6.07, 6.45) is -3.62. The molecule has 7 nitrogen and oxygen atoms in total. The molecule has 2 aromatic carbocycles. The van der Waals surface area contributed by atoms with Gasteiger partial charge in [-0.25, -0.2) is 9.50 Å². The number of alkyl halides is 3. The molecule has 3 heterocycles. The lowest BCUT2D eigenvalue weighted by atomic mass is 10.0. The van der Waals surface area contributed by atoms with Crippen molar-refractivity contribution >= 4 is 28.8 Å². The highest BCUT2D eigenvalue weighted by Crippen LogP contribution is 2.33. The van der Waals surface area contributed by atoms with Crippen molar-refractivity contribution < 1.29 is 18.0 Å². The van der Waals surface area contributed by atoms with Gasteiger partial charge in [0.25, 0.3) is 5.91 Å². The molecular weight excluding hydrogens is 541 g/mol. The van der Waals surface area contributed by atoms with Crippen LogP contribution in [0.25, 0.3) is 16.9 Å². The van der Waals surface area contributed by atoms with Crippen LogP contribution in [0.15, 0.2) is 60.8 Å². The maximum Gasteiger partial charge on any atom is 0.433 e. The van der Waals surface area contributed by atoms with Gasteiger partial charge in [0.1, 0.15) is 5.56 Å². The first-order valence-electron chi connectivity index (χ1n) is 12.6. The summed E-state index contributed by atoms with van der Waals surface area (Å²) in [6, 6.07) is 15.5. The number of anilines is 1. The average Bonchev–Trinajstić information content (AvgIpc) is 3.44. The van der Waals surface area contributed by atoms with E-state index < -0.39 is 17.8 Å². The number of nitrogens with one attached hydrogen (secondary N) is 1. The summed E-state index contributed by atoms with van der Waals surface area (Å²) >= 11 is 6.10. The van der Waals surface area contributed by atoms with E-state index in [1.54, 1.807) is 36.7 Å². The molecule has 206 valence electrons. The summed E-state index contributed by atoms with van der Waals surface area (Å²) in [7, 11) is 0. The van der Waals surface area contributed by atoms with Crippen molar-refractivity contribution in [1.82, 2.24) is 24.4 Å². The van der Waals surface area contributed by atoms with E-state index in [2.05, 4.69) is 20.5 Å². The van der Waals surface area contributed by atoms with Crippen LogP contribution in [0.4, 0.5) is 18.9 Å². The van der Waals surface area contributed by atoms with Crippen molar-refractivity contribution in [1.29, 1.82) is 0 Å². The third kappa shape index (κ3) is 5.31. The molecule has 0 saturated heterocycles. The second kappa shape index (κ2) is 10.4. The van der Waals surface area contributed by atoms with E-state index >= 15 is 0 Å². The van der Waals surface area contributed by atoms with Gasteiger partial charge in [-0.05, 0) is 49.1 Å². The fourth-order valence-corrected chi connectivity index (χ4v) is 4.75. The van der Waals surface area contributed by atoms with Crippen LogP contribution in [0.2, 0.25) is 5.02 Å². The molecule has 0 aliphatic carbocycles. The lowest BCUT2D eigenvalue weighted by Gasteiger charge is -2.12. The molecule has 40 heavy (non-hydrogen) atoms. The van der Waals surface area contributed by atoms with Crippen LogP contribution in [0, 0.1) is 13.8 Å². The lowest BCUT2D eigenvalue weighted by molar-refractivity contribution is -0.142. The smallest absolute Gasteiger partial charge is 0.319 e. The minimum atomic E-state index is -4.72. The third-order valence-electron chi connectivity index (χ3n) is 6.72. The van der Waals surface area contributed by atoms with E-state index in [1.807, 2.05) is 44.2 Å². The quantitative estimate of drug-likeness (QED) is 0.234. The van der Waals surface area contributed by atoms with Gasteiger partial charge in [-0.1, -0.05) is 61.8 Å². The minimum absolute atomic E-state index is 0.0892. The average molecular weight is 567 g/mol. The molecule has 0 bridgehead atoms. The molecule has 0 saturated carbocycles. The fourth-order valence-electron chi connectivity index (χ4n) is 4.53. The highest BCUT2D eigenvalue weighted by Gasteiger charge is 2.36. The maximum atomic E-state index is 14.0. The Kier molecular flexibility index (Phi) is 7.14. The standard InChI is InChI=1S/C29H26ClF3N6O/c1-16(2)20-8-10-21(11-9-20)24-13-25(29(31,32)33)39-27(35-24)23(14-34-39)28(40)36-26-17(3)37-38(18(26)4)15-19-6-5-7-22(30)12-19/h5-14,16H,15H2,1-4H3,(H,36,40). The summed E-state index contributed by atoms with van der Waals surface area (Å²) in [5, 5.41) is 11.8. The second-order valence-corrected chi connectivity index (χ2v) is 10.3. The van der Waals surface area contributed by atoms with Gasteiger partial charge >= 0.3 is 6.18 Å². The highest BCUT2D eigenvalue weighted by atomic mass is 35.5. The fraction of sp³-hybridized carbons (Fsp3) is 0.241. The zero-order valence-corrected chi connectivity index (χ0v) is 23.0. The van der Waals surface area contributed by atoms with Crippen LogP contribution in [-0.4, -0.2) is 30.3 Å². The number of benzene rings is 2. The Hall–Kier alpha value is -4.18. The van der Waals surface area contributed by atoms with E-state index in [-0.39, 0.29) is 22.8 Å². The summed E-state index contributed by atoms with van der Waals surface area (Å²) in [5.74, 6) is -0.376. The number of fused-ring (bicyclic) bond motifs is 1.